The van der Waals surface area contributed by atoms with Crippen molar-refractivity contribution in [1.82, 2.24) is 10.6 Å². The van der Waals surface area contributed by atoms with E-state index in [9.17, 15) is 30.0 Å². The van der Waals surface area contributed by atoms with Crippen LogP contribution in [0.1, 0.15) is 43.0 Å². The lowest BCUT2D eigenvalue weighted by molar-refractivity contribution is -0.0219. The fraction of sp³-hybridized carbons (Fsp3) is 0.235. The molecule has 0 aromatic heterocycles. The van der Waals surface area contributed by atoms with Crippen molar-refractivity contribution in [2.24, 2.45) is 0 Å². The van der Waals surface area contributed by atoms with Crippen molar-refractivity contribution in [3.63, 3.8) is 0 Å². The number of hydrogen-bond donors (Lipinski definition) is 6. The summed E-state index contributed by atoms with van der Waals surface area (Å²) in [5, 5.41) is 48.9. The Hall–Kier alpha value is -4.66. The first-order chi connectivity index (χ1) is 20.1. The van der Waals surface area contributed by atoms with Gasteiger partial charge in [0.05, 0.1) is 12.1 Å². The molecule has 0 spiro atoms. The van der Waals surface area contributed by atoms with Crippen molar-refractivity contribution >= 4 is 11.8 Å². The zero-order valence-corrected chi connectivity index (χ0v) is 23.6. The minimum Gasteiger partial charge on any atom is -0.508 e. The van der Waals surface area contributed by atoms with Crippen molar-refractivity contribution in [1.29, 1.82) is 0 Å². The first-order valence-electron chi connectivity index (χ1n) is 13.8. The third-order valence-electron chi connectivity index (χ3n) is 7.35. The van der Waals surface area contributed by atoms with E-state index < -0.39 is 36.1 Å². The number of aromatic hydroxyl groups is 2. The highest BCUT2D eigenvalue weighted by atomic mass is 16.3. The molecular weight excluding hydrogens is 532 g/mol. The van der Waals surface area contributed by atoms with E-state index in [0.29, 0.717) is 11.1 Å². The van der Waals surface area contributed by atoms with Gasteiger partial charge >= 0.3 is 0 Å². The molecule has 2 amide bonds. The summed E-state index contributed by atoms with van der Waals surface area (Å²) in [6.07, 6.45) is -2.59. The molecule has 0 aliphatic rings. The summed E-state index contributed by atoms with van der Waals surface area (Å²) in [6, 6.07) is 25.6. The minimum atomic E-state index is -1.49. The Morgan fingerprint density at radius 1 is 0.595 bits per heavy atom. The number of nitrogens with one attached hydrogen (secondary N) is 2. The van der Waals surface area contributed by atoms with Crippen molar-refractivity contribution in [2.45, 2.75) is 51.0 Å². The van der Waals surface area contributed by atoms with Gasteiger partial charge in [-0.05, 0) is 73.2 Å². The normalized spacial score (nSPS) is 13.9. The molecule has 0 aliphatic heterocycles. The van der Waals surface area contributed by atoms with Gasteiger partial charge in [0.25, 0.3) is 11.8 Å². The van der Waals surface area contributed by atoms with Crippen LogP contribution < -0.4 is 10.6 Å². The van der Waals surface area contributed by atoms with E-state index in [2.05, 4.69) is 10.6 Å². The second-order valence-corrected chi connectivity index (χ2v) is 10.5. The van der Waals surface area contributed by atoms with Crippen molar-refractivity contribution in [3.05, 3.63) is 130 Å². The molecule has 0 radical (unpaired) electrons. The summed E-state index contributed by atoms with van der Waals surface area (Å²) in [5.74, 6) is -1.13. The van der Waals surface area contributed by atoms with Crippen LogP contribution in [0.25, 0.3) is 0 Å². The standard InChI is InChI=1S/C34H36N2O6/c1-21-13-15-25(19-29(21)37)33(41)35-27(17-23-9-5-3-6-10-23)31(39)32(40)28(18-24-11-7-4-8-12-24)36-34(42)26-16-14-22(2)30(38)20-26/h3-16,19-20,27-28,31-32,37-40H,17-18H2,1-2H3,(H,35,41)(H,36,42)/t27-,28+,31-,32+. The number of aliphatic hydroxyl groups excluding tert-OH is 2. The van der Waals surface area contributed by atoms with Crippen LogP contribution >= 0.6 is 0 Å². The van der Waals surface area contributed by atoms with Crippen LogP contribution in [0.2, 0.25) is 0 Å². The summed E-state index contributed by atoms with van der Waals surface area (Å²) in [7, 11) is 0. The molecule has 4 aromatic carbocycles. The van der Waals surface area contributed by atoms with E-state index in [0.717, 1.165) is 11.1 Å². The Morgan fingerprint density at radius 3 is 1.29 bits per heavy atom. The third kappa shape index (κ3) is 7.75. The van der Waals surface area contributed by atoms with Gasteiger partial charge in [-0.3, -0.25) is 9.59 Å². The van der Waals surface area contributed by atoms with Gasteiger partial charge in [0.2, 0.25) is 0 Å². The quantitative estimate of drug-likeness (QED) is 0.163. The zero-order valence-electron chi connectivity index (χ0n) is 23.6. The van der Waals surface area contributed by atoms with Crippen molar-refractivity contribution < 1.29 is 30.0 Å². The lowest BCUT2D eigenvalue weighted by atomic mass is 9.90. The van der Waals surface area contributed by atoms with Crippen LogP contribution in [-0.2, 0) is 12.8 Å². The highest BCUT2D eigenvalue weighted by molar-refractivity contribution is 5.95. The highest BCUT2D eigenvalue weighted by Crippen LogP contribution is 2.21. The van der Waals surface area contributed by atoms with Gasteiger partial charge in [-0.15, -0.1) is 0 Å². The van der Waals surface area contributed by atoms with Crippen LogP contribution in [0, 0.1) is 13.8 Å². The summed E-state index contributed by atoms with van der Waals surface area (Å²) in [4.78, 5) is 26.4. The first kappa shape index (κ1) is 30.3. The third-order valence-corrected chi connectivity index (χ3v) is 7.35. The molecule has 0 bridgehead atoms. The molecule has 0 heterocycles. The predicted octanol–water partition coefficient (Wildman–Crippen LogP) is 3.82. The molecular formula is C34H36N2O6. The first-order valence-corrected chi connectivity index (χ1v) is 13.8. The summed E-state index contributed by atoms with van der Waals surface area (Å²) >= 11 is 0. The molecule has 4 rings (SSSR count). The van der Waals surface area contributed by atoms with E-state index in [-0.39, 0.29) is 35.5 Å². The van der Waals surface area contributed by atoms with Gasteiger partial charge in [-0.2, -0.15) is 0 Å². The van der Waals surface area contributed by atoms with Crippen LogP contribution in [0.4, 0.5) is 0 Å². The molecule has 4 aromatic rings. The molecule has 0 saturated heterocycles. The van der Waals surface area contributed by atoms with Gasteiger partial charge < -0.3 is 31.1 Å². The molecule has 8 nitrogen and oxygen atoms in total. The molecule has 4 atom stereocenters. The van der Waals surface area contributed by atoms with Gasteiger partial charge in [-0.1, -0.05) is 72.8 Å². The molecule has 6 N–H and O–H groups in total. The van der Waals surface area contributed by atoms with Crippen LogP contribution in [-0.4, -0.2) is 56.5 Å². The molecule has 0 fully saturated rings. The number of rotatable bonds is 11. The van der Waals surface area contributed by atoms with E-state index in [1.54, 1.807) is 38.1 Å². The summed E-state index contributed by atoms with van der Waals surface area (Å²) in [5.41, 5.74) is 3.27. The maximum absolute atomic E-state index is 13.2. The fourth-order valence-corrected chi connectivity index (χ4v) is 4.73. The number of amides is 2. The number of hydrogen-bond acceptors (Lipinski definition) is 6. The van der Waals surface area contributed by atoms with E-state index in [1.165, 1.54) is 12.1 Å². The summed E-state index contributed by atoms with van der Waals surface area (Å²) < 4.78 is 0. The van der Waals surface area contributed by atoms with E-state index >= 15 is 0 Å². The van der Waals surface area contributed by atoms with E-state index in [1.807, 2.05) is 60.7 Å². The number of aryl methyl sites for hydroxylation is 2. The highest BCUT2D eigenvalue weighted by Gasteiger charge is 2.35. The Morgan fingerprint density at radius 2 is 0.952 bits per heavy atom. The lowest BCUT2D eigenvalue weighted by Crippen LogP contribution is -2.57. The molecule has 0 unspecified atom stereocenters. The maximum atomic E-state index is 13.2. The van der Waals surface area contributed by atoms with E-state index in [4.69, 9.17) is 0 Å². The SMILES string of the molecule is Cc1ccc(C(=O)N[C@@H](Cc2ccccc2)[C@H](O)[C@H](O)[C@@H](Cc2ccccc2)NC(=O)c2ccc(C)c(O)c2)cc1O. The number of phenolic OH excluding ortho intramolecular Hbond substituents is 2. The topological polar surface area (TPSA) is 139 Å². The summed E-state index contributed by atoms with van der Waals surface area (Å²) in [6.45, 7) is 3.43. The van der Waals surface area contributed by atoms with Crippen molar-refractivity contribution in [3.8, 4) is 11.5 Å². The number of benzene rings is 4. The number of phenols is 2. The Bertz CT molecular complexity index is 1390. The average molecular weight is 569 g/mol. The second kappa shape index (κ2) is 13.8. The maximum Gasteiger partial charge on any atom is 0.251 e. The Balaban J connectivity index is 1.62. The van der Waals surface area contributed by atoms with Gasteiger partial charge in [-0.25, -0.2) is 0 Å². The van der Waals surface area contributed by atoms with Crippen LogP contribution in [0.3, 0.4) is 0 Å². The monoisotopic (exact) mass is 568 g/mol. The smallest absolute Gasteiger partial charge is 0.251 e. The number of carbonyl (C=O) groups is 2. The zero-order chi connectivity index (χ0) is 30.2. The van der Waals surface area contributed by atoms with Gasteiger partial charge in [0.15, 0.2) is 0 Å². The molecule has 218 valence electrons. The average Bonchev–Trinajstić information content (AvgIpc) is 2.99. The molecule has 42 heavy (non-hydrogen) atoms. The predicted molar refractivity (Wildman–Crippen MR) is 161 cm³/mol. The molecule has 0 aliphatic carbocycles. The van der Waals surface area contributed by atoms with Crippen LogP contribution in [0.15, 0.2) is 97.1 Å². The molecule has 0 saturated carbocycles. The second-order valence-electron chi connectivity index (χ2n) is 10.5. The number of carbonyl (C=O) groups excluding carboxylic acids is 2. The fourth-order valence-electron chi connectivity index (χ4n) is 4.73. The molecule has 8 heteroatoms. The lowest BCUT2D eigenvalue weighted by Gasteiger charge is -2.33. The van der Waals surface area contributed by atoms with Crippen LogP contribution in [0.5, 0.6) is 11.5 Å². The minimum absolute atomic E-state index is 0.0318. The largest absolute Gasteiger partial charge is 0.508 e. The van der Waals surface area contributed by atoms with Gasteiger partial charge in [0, 0.05) is 11.1 Å². The number of aliphatic hydroxyl groups is 2. The van der Waals surface area contributed by atoms with Gasteiger partial charge in [0.1, 0.15) is 23.7 Å². The Kier molecular flexibility index (Phi) is 9.96. The van der Waals surface area contributed by atoms with Crippen molar-refractivity contribution in [2.75, 3.05) is 0 Å². The Labute approximate surface area is 245 Å².